The molecule has 0 bridgehead atoms. The van der Waals surface area contributed by atoms with Crippen molar-refractivity contribution in [2.75, 3.05) is 13.7 Å². The van der Waals surface area contributed by atoms with E-state index >= 15 is 0 Å². The van der Waals surface area contributed by atoms with Crippen molar-refractivity contribution in [2.45, 2.75) is 32.7 Å². The van der Waals surface area contributed by atoms with Gasteiger partial charge in [0.2, 0.25) is 0 Å². The lowest BCUT2D eigenvalue weighted by Gasteiger charge is -2.14. The van der Waals surface area contributed by atoms with E-state index in [1.54, 1.807) is 7.11 Å². The van der Waals surface area contributed by atoms with Gasteiger partial charge in [-0.2, -0.15) is 0 Å². The first-order chi connectivity index (χ1) is 7.63. The largest absolute Gasteiger partial charge is 0.386 e. The number of aliphatic hydroxyl groups excluding tert-OH is 1. The zero-order chi connectivity index (χ0) is 12.0. The molecule has 0 spiro atoms. The van der Waals surface area contributed by atoms with Gasteiger partial charge >= 0.3 is 0 Å². The Morgan fingerprint density at radius 3 is 2.31 bits per heavy atom. The average Bonchev–Trinajstić information content (AvgIpc) is 2.27. The second-order valence-electron chi connectivity index (χ2n) is 4.07. The highest BCUT2D eigenvalue weighted by molar-refractivity contribution is 5.23. The van der Waals surface area contributed by atoms with Crippen molar-refractivity contribution in [3.63, 3.8) is 0 Å². The molecule has 0 fully saturated rings. The SMILES string of the molecule is COCc1ccc(C(O)COC(C)C)cc1. The number of hydrogen-bond donors (Lipinski definition) is 1. The number of hydrogen-bond acceptors (Lipinski definition) is 3. The Kier molecular flexibility index (Phi) is 5.46. The summed E-state index contributed by atoms with van der Waals surface area (Å²) in [6, 6.07) is 7.72. The van der Waals surface area contributed by atoms with Crippen LogP contribution in [-0.4, -0.2) is 24.9 Å². The van der Waals surface area contributed by atoms with Gasteiger partial charge in [0.1, 0.15) is 6.10 Å². The van der Waals surface area contributed by atoms with E-state index in [4.69, 9.17) is 9.47 Å². The minimum atomic E-state index is -0.556. The van der Waals surface area contributed by atoms with E-state index in [-0.39, 0.29) is 6.10 Å². The maximum Gasteiger partial charge on any atom is 0.102 e. The number of ether oxygens (including phenoxy) is 2. The highest BCUT2D eigenvalue weighted by atomic mass is 16.5. The molecule has 16 heavy (non-hydrogen) atoms. The number of benzene rings is 1. The zero-order valence-electron chi connectivity index (χ0n) is 10.1. The van der Waals surface area contributed by atoms with Gasteiger partial charge in [-0.05, 0) is 25.0 Å². The molecule has 0 amide bonds. The van der Waals surface area contributed by atoms with Crippen LogP contribution in [0.25, 0.3) is 0 Å². The van der Waals surface area contributed by atoms with Crippen LogP contribution in [0.3, 0.4) is 0 Å². The van der Waals surface area contributed by atoms with E-state index in [9.17, 15) is 5.11 Å². The predicted octanol–water partition coefficient (Wildman–Crippen LogP) is 2.29. The summed E-state index contributed by atoms with van der Waals surface area (Å²) in [5, 5.41) is 9.83. The van der Waals surface area contributed by atoms with Crippen molar-refractivity contribution in [3.05, 3.63) is 35.4 Å². The summed E-state index contributed by atoms with van der Waals surface area (Å²) in [5.41, 5.74) is 1.98. The van der Waals surface area contributed by atoms with E-state index < -0.39 is 6.10 Å². The second-order valence-corrected chi connectivity index (χ2v) is 4.07. The Balaban J connectivity index is 2.52. The molecule has 0 aromatic heterocycles. The van der Waals surface area contributed by atoms with Gasteiger partial charge in [0, 0.05) is 7.11 Å². The molecular weight excluding hydrogens is 204 g/mol. The molecule has 3 heteroatoms. The van der Waals surface area contributed by atoms with Crippen molar-refractivity contribution in [2.24, 2.45) is 0 Å². The van der Waals surface area contributed by atoms with Crippen LogP contribution in [-0.2, 0) is 16.1 Å². The van der Waals surface area contributed by atoms with Crippen LogP contribution < -0.4 is 0 Å². The van der Waals surface area contributed by atoms with Crippen molar-refractivity contribution in [3.8, 4) is 0 Å². The molecule has 1 atom stereocenters. The van der Waals surface area contributed by atoms with Crippen molar-refractivity contribution < 1.29 is 14.6 Å². The first-order valence-corrected chi connectivity index (χ1v) is 5.51. The van der Waals surface area contributed by atoms with Gasteiger partial charge in [-0.1, -0.05) is 24.3 Å². The minimum absolute atomic E-state index is 0.141. The van der Waals surface area contributed by atoms with Gasteiger partial charge in [-0.3, -0.25) is 0 Å². The van der Waals surface area contributed by atoms with Gasteiger partial charge < -0.3 is 14.6 Å². The molecule has 0 saturated carbocycles. The highest BCUT2D eigenvalue weighted by Crippen LogP contribution is 2.15. The fourth-order valence-corrected chi connectivity index (χ4v) is 1.38. The quantitative estimate of drug-likeness (QED) is 0.805. The number of aliphatic hydroxyl groups is 1. The van der Waals surface area contributed by atoms with Gasteiger partial charge in [0.05, 0.1) is 19.3 Å². The summed E-state index contributed by atoms with van der Waals surface area (Å²) >= 11 is 0. The lowest BCUT2D eigenvalue weighted by molar-refractivity contribution is 0.00491. The van der Waals surface area contributed by atoms with Crippen LogP contribution in [0.15, 0.2) is 24.3 Å². The standard InChI is InChI=1S/C13H20O3/c1-10(2)16-9-13(14)12-6-4-11(5-7-12)8-15-3/h4-7,10,13-14H,8-9H2,1-3H3. The Hall–Kier alpha value is -0.900. The van der Waals surface area contributed by atoms with E-state index in [1.807, 2.05) is 38.1 Å². The highest BCUT2D eigenvalue weighted by Gasteiger charge is 2.08. The third-order valence-corrected chi connectivity index (χ3v) is 2.26. The molecule has 0 heterocycles. The second kappa shape index (κ2) is 6.63. The maximum atomic E-state index is 9.83. The molecule has 1 rings (SSSR count). The molecule has 0 radical (unpaired) electrons. The molecule has 1 N–H and O–H groups in total. The first-order valence-electron chi connectivity index (χ1n) is 5.51. The molecule has 1 aromatic carbocycles. The molecule has 0 aliphatic carbocycles. The van der Waals surface area contributed by atoms with Crippen molar-refractivity contribution in [1.82, 2.24) is 0 Å². The summed E-state index contributed by atoms with van der Waals surface area (Å²) < 4.78 is 10.4. The molecule has 3 nitrogen and oxygen atoms in total. The summed E-state index contributed by atoms with van der Waals surface area (Å²) in [6.45, 7) is 4.84. The smallest absolute Gasteiger partial charge is 0.102 e. The van der Waals surface area contributed by atoms with Crippen LogP contribution in [0.5, 0.6) is 0 Å². The summed E-state index contributed by atoms with van der Waals surface area (Å²) in [4.78, 5) is 0. The van der Waals surface area contributed by atoms with Gasteiger partial charge in [0.25, 0.3) is 0 Å². The molecule has 0 saturated heterocycles. The van der Waals surface area contributed by atoms with E-state index in [1.165, 1.54) is 0 Å². The van der Waals surface area contributed by atoms with Gasteiger partial charge in [-0.15, -0.1) is 0 Å². The summed E-state index contributed by atoms with van der Waals surface area (Å²) in [7, 11) is 1.67. The molecule has 0 aliphatic rings. The lowest BCUT2D eigenvalue weighted by Crippen LogP contribution is -2.11. The normalized spacial score (nSPS) is 13.1. The topological polar surface area (TPSA) is 38.7 Å². The molecule has 90 valence electrons. The van der Waals surface area contributed by atoms with Gasteiger partial charge in [0.15, 0.2) is 0 Å². The van der Waals surface area contributed by atoms with Gasteiger partial charge in [-0.25, -0.2) is 0 Å². The molecule has 1 aromatic rings. The van der Waals surface area contributed by atoms with Crippen molar-refractivity contribution in [1.29, 1.82) is 0 Å². The van der Waals surface area contributed by atoms with E-state index in [0.29, 0.717) is 13.2 Å². The molecule has 0 aliphatic heterocycles. The summed E-state index contributed by atoms with van der Waals surface area (Å²) in [5.74, 6) is 0. The van der Waals surface area contributed by atoms with Crippen LogP contribution in [0, 0.1) is 0 Å². The molecular formula is C13H20O3. The summed E-state index contributed by atoms with van der Waals surface area (Å²) in [6.07, 6.45) is -0.415. The fourth-order valence-electron chi connectivity index (χ4n) is 1.38. The number of methoxy groups -OCH3 is 1. The molecule has 1 unspecified atom stereocenters. The van der Waals surface area contributed by atoms with Crippen LogP contribution in [0.2, 0.25) is 0 Å². The Labute approximate surface area is 97.0 Å². The Morgan fingerprint density at radius 1 is 1.19 bits per heavy atom. The van der Waals surface area contributed by atoms with Crippen LogP contribution in [0.4, 0.5) is 0 Å². The average molecular weight is 224 g/mol. The third-order valence-electron chi connectivity index (χ3n) is 2.26. The third kappa shape index (κ3) is 4.31. The van der Waals surface area contributed by atoms with E-state index in [2.05, 4.69) is 0 Å². The monoisotopic (exact) mass is 224 g/mol. The maximum absolute atomic E-state index is 9.83. The Bertz CT molecular complexity index is 293. The first kappa shape index (κ1) is 13.2. The number of rotatable bonds is 6. The van der Waals surface area contributed by atoms with Crippen LogP contribution in [0.1, 0.15) is 31.1 Å². The predicted molar refractivity (Wildman–Crippen MR) is 63.2 cm³/mol. The minimum Gasteiger partial charge on any atom is -0.386 e. The fraction of sp³-hybridized carbons (Fsp3) is 0.538. The van der Waals surface area contributed by atoms with E-state index in [0.717, 1.165) is 11.1 Å². The van der Waals surface area contributed by atoms with Crippen molar-refractivity contribution >= 4 is 0 Å². The zero-order valence-corrected chi connectivity index (χ0v) is 10.1. The van der Waals surface area contributed by atoms with Crippen LogP contribution >= 0.6 is 0 Å². The Morgan fingerprint density at radius 2 is 1.81 bits per heavy atom. The lowest BCUT2D eigenvalue weighted by atomic mass is 10.1.